The fraction of sp³-hybridized carbons (Fsp3) is 0.0189. The van der Waals surface area contributed by atoms with Crippen molar-refractivity contribution in [3.8, 4) is 33.4 Å². The minimum Gasteiger partial charge on any atom is -0.454 e. The zero-order valence-electron chi connectivity index (χ0n) is 29.9. The van der Waals surface area contributed by atoms with Crippen molar-refractivity contribution in [1.29, 1.82) is 0 Å². The van der Waals surface area contributed by atoms with E-state index in [9.17, 15) is 0 Å². The van der Waals surface area contributed by atoms with Gasteiger partial charge in [0.2, 0.25) is 0 Å². The van der Waals surface area contributed by atoms with E-state index in [0.717, 1.165) is 39.0 Å². The van der Waals surface area contributed by atoms with Crippen LogP contribution in [0.4, 0.5) is 17.1 Å². The summed E-state index contributed by atoms with van der Waals surface area (Å²) in [6.45, 7) is 0. The molecule has 2 aliphatic carbocycles. The lowest BCUT2D eigenvalue weighted by molar-refractivity contribution is 0.669. The molecule has 0 aliphatic heterocycles. The van der Waals surface area contributed by atoms with Gasteiger partial charge in [0.1, 0.15) is 5.58 Å². The summed E-state index contributed by atoms with van der Waals surface area (Å²) < 4.78 is 7.11. The van der Waals surface area contributed by atoms with E-state index in [1.165, 1.54) is 66.4 Å². The summed E-state index contributed by atoms with van der Waals surface area (Å²) in [7, 11) is 0. The Kier molecular flexibility index (Phi) is 6.29. The van der Waals surface area contributed by atoms with E-state index in [1.54, 1.807) is 0 Å². The lowest BCUT2D eigenvalue weighted by Crippen LogP contribution is -2.26. The highest BCUT2D eigenvalue weighted by Gasteiger charge is 2.52. The molecule has 0 N–H and O–H groups in total. The topological polar surface area (TPSA) is 16.4 Å². The molecule has 0 saturated carbocycles. The second-order valence-electron chi connectivity index (χ2n) is 14.7. The van der Waals surface area contributed by atoms with Crippen molar-refractivity contribution in [2.24, 2.45) is 0 Å². The molecule has 0 bridgehead atoms. The molecule has 12 rings (SSSR count). The first kappa shape index (κ1) is 30.3. The molecule has 10 aromatic rings. The van der Waals surface area contributed by atoms with Crippen LogP contribution in [0.1, 0.15) is 22.3 Å². The fourth-order valence-electron chi connectivity index (χ4n) is 9.98. The number of hydrogen-bond acceptors (Lipinski definition) is 2. The first-order valence-corrected chi connectivity index (χ1v) is 19.0. The van der Waals surface area contributed by atoms with Gasteiger partial charge in [0.25, 0.3) is 0 Å². The van der Waals surface area contributed by atoms with E-state index in [4.69, 9.17) is 4.42 Å². The molecule has 9 aromatic carbocycles. The van der Waals surface area contributed by atoms with E-state index in [2.05, 4.69) is 205 Å². The zero-order valence-corrected chi connectivity index (χ0v) is 29.9. The molecule has 0 atom stereocenters. The summed E-state index contributed by atoms with van der Waals surface area (Å²) in [5.74, 6) is 0. The van der Waals surface area contributed by atoms with Gasteiger partial charge in [-0.1, -0.05) is 170 Å². The SMILES string of the molecule is c1ccc(-c2cc3oc4c(N(c5ccccc5)c5cccc6c5-c5ccccc5C65c6ccccc6-c6ccccc65)cccc4c3c3ccccc23)cc1. The lowest BCUT2D eigenvalue weighted by atomic mass is 9.70. The smallest absolute Gasteiger partial charge is 0.159 e. The van der Waals surface area contributed by atoms with Crippen molar-refractivity contribution in [2.45, 2.75) is 5.41 Å². The number of nitrogens with zero attached hydrogens (tertiary/aromatic N) is 1. The Labute approximate surface area is 319 Å². The molecule has 2 aliphatic rings. The molecule has 0 amide bonds. The van der Waals surface area contributed by atoms with Gasteiger partial charge in [0.05, 0.1) is 16.8 Å². The van der Waals surface area contributed by atoms with Crippen LogP contribution in [-0.4, -0.2) is 0 Å². The van der Waals surface area contributed by atoms with Crippen molar-refractivity contribution in [1.82, 2.24) is 0 Å². The van der Waals surface area contributed by atoms with E-state index in [0.29, 0.717) is 0 Å². The van der Waals surface area contributed by atoms with Gasteiger partial charge in [-0.2, -0.15) is 0 Å². The fourth-order valence-corrected chi connectivity index (χ4v) is 9.98. The minimum absolute atomic E-state index is 0.435. The van der Waals surface area contributed by atoms with Crippen LogP contribution in [0.15, 0.2) is 205 Å². The van der Waals surface area contributed by atoms with Crippen LogP contribution in [0.5, 0.6) is 0 Å². The highest BCUT2D eigenvalue weighted by atomic mass is 16.3. The van der Waals surface area contributed by atoms with Gasteiger partial charge in [0.15, 0.2) is 5.58 Å². The maximum absolute atomic E-state index is 7.11. The van der Waals surface area contributed by atoms with Crippen LogP contribution < -0.4 is 4.90 Å². The monoisotopic (exact) mass is 699 g/mol. The van der Waals surface area contributed by atoms with Crippen molar-refractivity contribution in [3.63, 3.8) is 0 Å². The first-order valence-electron chi connectivity index (χ1n) is 19.0. The normalized spacial score (nSPS) is 13.2. The highest BCUT2D eigenvalue weighted by Crippen LogP contribution is 2.64. The summed E-state index contributed by atoms with van der Waals surface area (Å²) in [5.41, 5.74) is 17.3. The quantitative estimate of drug-likeness (QED) is 0.182. The molecule has 2 heteroatoms. The third-order valence-electron chi connectivity index (χ3n) is 12.1. The number of fused-ring (bicyclic) bond motifs is 15. The molecule has 0 saturated heterocycles. The number of benzene rings is 9. The van der Waals surface area contributed by atoms with E-state index in [-0.39, 0.29) is 0 Å². The highest BCUT2D eigenvalue weighted by molar-refractivity contribution is 6.24. The molecule has 1 heterocycles. The maximum Gasteiger partial charge on any atom is 0.159 e. The predicted octanol–water partition coefficient (Wildman–Crippen LogP) is 14.2. The zero-order chi connectivity index (χ0) is 36.1. The third-order valence-corrected chi connectivity index (χ3v) is 12.1. The van der Waals surface area contributed by atoms with Crippen LogP contribution >= 0.6 is 0 Å². The van der Waals surface area contributed by atoms with Gasteiger partial charge in [-0.25, -0.2) is 0 Å². The van der Waals surface area contributed by atoms with Crippen molar-refractivity contribution in [2.75, 3.05) is 4.90 Å². The van der Waals surface area contributed by atoms with Crippen LogP contribution in [0, 0.1) is 0 Å². The van der Waals surface area contributed by atoms with Crippen LogP contribution in [-0.2, 0) is 5.41 Å². The second-order valence-corrected chi connectivity index (χ2v) is 14.7. The molecule has 0 radical (unpaired) electrons. The summed E-state index contributed by atoms with van der Waals surface area (Å²) in [6.07, 6.45) is 0. The van der Waals surface area contributed by atoms with Crippen LogP contribution in [0.25, 0.3) is 66.1 Å². The first-order chi connectivity index (χ1) is 27.3. The second kappa shape index (κ2) is 11.4. The molecule has 0 fully saturated rings. The summed E-state index contributed by atoms with van der Waals surface area (Å²) in [4.78, 5) is 2.42. The van der Waals surface area contributed by atoms with Crippen LogP contribution in [0.2, 0.25) is 0 Å². The largest absolute Gasteiger partial charge is 0.454 e. The Morgan fingerprint density at radius 3 is 1.64 bits per heavy atom. The Morgan fingerprint density at radius 2 is 0.909 bits per heavy atom. The lowest BCUT2D eigenvalue weighted by Gasteiger charge is -2.31. The maximum atomic E-state index is 7.11. The molecule has 2 nitrogen and oxygen atoms in total. The molecule has 1 aromatic heterocycles. The van der Waals surface area contributed by atoms with E-state index >= 15 is 0 Å². The average molecular weight is 700 g/mol. The van der Waals surface area contributed by atoms with E-state index in [1.807, 2.05) is 0 Å². The summed E-state index contributed by atoms with van der Waals surface area (Å²) >= 11 is 0. The Bertz CT molecular complexity index is 3110. The van der Waals surface area contributed by atoms with Gasteiger partial charge in [-0.05, 0) is 91.2 Å². The van der Waals surface area contributed by atoms with E-state index < -0.39 is 5.41 Å². The molecular formula is C53H33NO. The van der Waals surface area contributed by atoms with Gasteiger partial charge in [-0.15, -0.1) is 0 Å². The summed E-state index contributed by atoms with van der Waals surface area (Å²) in [5, 5.41) is 4.65. The van der Waals surface area contributed by atoms with Gasteiger partial charge >= 0.3 is 0 Å². The standard InChI is InChI=1S/C53H33NO/c1-3-17-34(18-4-1)42-33-49-50(39-24-8-7-21-36(39)42)41-26-15-32-48(52(41)55-49)54(35-19-5-2-6-20-35)47-31-16-30-46-51(47)40-25-11-14-29-45(40)53(46)43-27-12-9-22-37(43)38-23-10-13-28-44(38)53/h1-33H. The van der Waals surface area contributed by atoms with Crippen molar-refractivity contribution >= 4 is 49.8 Å². The molecule has 0 unspecified atom stereocenters. The number of para-hydroxylation sites is 2. The molecule has 55 heavy (non-hydrogen) atoms. The van der Waals surface area contributed by atoms with Crippen molar-refractivity contribution in [3.05, 3.63) is 222 Å². The summed E-state index contributed by atoms with van der Waals surface area (Å²) in [6, 6.07) is 72.9. The molecule has 256 valence electrons. The average Bonchev–Trinajstić information content (AvgIpc) is 3.89. The van der Waals surface area contributed by atoms with Crippen molar-refractivity contribution < 1.29 is 4.42 Å². The Hall–Kier alpha value is -7.16. The molecule has 1 spiro atoms. The van der Waals surface area contributed by atoms with Crippen LogP contribution in [0.3, 0.4) is 0 Å². The number of rotatable bonds is 4. The predicted molar refractivity (Wildman–Crippen MR) is 228 cm³/mol. The number of hydrogen-bond donors (Lipinski definition) is 0. The Balaban J connectivity index is 1.17. The minimum atomic E-state index is -0.435. The van der Waals surface area contributed by atoms with Gasteiger partial charge in [-0.3, -0.25) is 0 Å². The van der Waals surface area contributed by atoms with Gasteiger partial charge in [0, 0.05) is 22.0 Å². The molecular weight excluding hydrogens is 667 g/mol. The Morgan fingerprint density at radius 1 is 0.382 bits per heavy atom. The number of furan rings is 1. The number of anilines is 3. The third kappa shape index (κ3) is 4.03. The van der Waals surface area contributed by atoms with Gasteiger partial charge < -0.3 is 9.32 Å².